The average Bonchev–Trinajstić information content (AvgIpc) is 2.82. The number of nitrogens with zero attached hydrogens (tertiary/aromatic N) is 3. The monoisotopic (exact) mass is 539 g/mol. The van der Waals surface area contributed by atoms with Crippen LogP contribution in [0.3, 0.4) is 0 Å². The van der Waals surface area contributed by atoms with Crippen LogP contribution in [0, 0.1) is 5.41 Å². The van der Waals surface area contributed by atoms with E-state index in [9.17, 15) is 18.3 Å². The van der Waals surface area contributed by atoms with Gasteiger partial charge in [0.1, 0.15) is 17.1 Å². The van der Waals surface area contributed by atoms with Crippen molar-refractivity contribution < 1.29 is 18.3 Å². The summed E-state index contributed by atoms with van der Waals surface area (Å²) in [4.78, 5) is 4.11. The van der Waals surface area contributed by atoms with E-state index in [0.717, 1.165) is 35.3 Å². The standard InChI is InChI=1S/C32H40F3N3O/c1-29(2,3)20-30(4,5)23-17-24(31(6,7)21-13-11-10-12-14-21)28(39)27(19-23)38(9)37-26-18-22(32(33,34)35)15-16-25(26)36-8/h10-19,39H,20H2,1-9H3/b36-25?,37-26-. The summed E-state index contributed by atoms with van der Waals surface area (Å²) >= 11 is 0. The molecule has 0 spiro atoms. The Bertz CT molecular complexity index is 1320. The Morgan fingerprint density at radius 1 is 0.846 bits per heavy atom. The predicted octanol–water partition coefficient (Wildman–Crippen LogP) is 8.35. The molecule has 0 heterocycles. The van der Waals surface area contributed by atoms with E-state index in [1.165, 1.54) is 18.1 Å². The summed E-state index contributed by atoms with van der Waals surface area (Å²) in [6, 6.07) is 13.9. The van der Waals surface area contributed by atoms with Gasteiger partial charge in [0, 0.05) is 25.1 Å². The fourth-order valence-corrected chi connectivity index (χ4v) is 5.36. The van der Waals surface area contributed by atoms with Gasteiger partial charge in [-0.05, 0) is 52.7 Å². The van der Waals surface area contributed by atoms with Gasteiger partial charge in [-0.2, -0.15) is 18.3 Å². The van der Waals surface area contributed by atoms with Crippen LogP contribution in [-0.2, 0) is 10.8 Å². The normalized spacial score (nSPS) is 17.1. The molecule has 0 amide bonds. The zero-order chi connectivity index (χ0) is 29.4. The second-order valence-electron chi connectivity index (χ2n) is 12.6. The number of rotatable bonds is 6. The van der Waals surface area contributed by atoms with E-state index < -0.39 is 17.2 Å². The second-order valence-corrected chi connectivity index (χ2v) is 12.6. The third-order valence-electron chi connectivity index (χ3n) is 7.16. The van der Waals surface area contributed by atoms with Gasteiger partial charge in [0.15, 0.2) is 0 Å². The third-order valence-corrected chi connectivity index (χ3v) is 7.16. The number of alkyl halides is 3. The van der Waals surface area contributed by atoms with Crippen molar-refractivity contribution in [2.45, 2.75) is 71.9 Å². The fraction of sp³-hybridized carbons (Fsp3) is 0.438. The lowest BCUT2D eigenvalue weighted by Crippen LogP contribution is -2.28. The van der Waals surface area contributed by atoms with E-state index in [1.807, 2.05) is 36.4 Å². The summed E-state index contributed by atoms with van der Waals surface area (Å²) in [6.45, 7) is 15.0. The van der Waals surface area contributed by atoms with Crippen LogP contribution in [-0.4, -0.2) is 36.8 Å². The number of hydrogen-bond acceptors (Lipinski definition) is 4. The number of hydrazone groups is 1. The molecule has 0 aliphatic heterocycles. The minimum atomic E-state index is -4.51. The Balaban J connectivity index is 2.25. The van der Waals surface area contributed by atoms with E-state index >= 15 is 0 Å². The van der Waals surface area contributed by atoms with Crippen LogP contribution in [0.5, 0.6) is 5.75 Å². The Hall–Kier alpha value is -3.35. The third kappa shape index (κ3) is 6.81. The summed E-state index contributed by atoms with van der Waals surface area (Å²) in [6.07, 6.45) is -0.348. The number of phenolic OH excluding ortho intramolecular Hbond substituents is 1. The molecule has 0 saturated heterocycles. The number of anilines is 1. The Kier molecular flexibility index (Phi) is 8.26. The average molecular weight is 540 g/mol. The summed E-state index contributed by atoms with van der Waals surface area (Å²) in [7, 11) is 3.14. The van der Waals surface area contributed by atoms with Gasteiger partial charge in [-0.3, -0.25) is 10.0 Å². The number of hydrogen-bond donors (Lipinski definition) is 1. The first-order valence-corrected chi connectivity index (χ1v) is 13.1. The molecule has 2 aromatic carbocycles. The Morgan fingerprint density at radius 3 is 2.00 bits per heavy atom. The Labute approximate surface area is 230 Å². The smallest absolute Gasteiger partial charge is 0.416 e. The van der Waals surface area contributed by atoms with Crippen LogP contribution in [0.15, 0.2) is 76.4 Å². The molecule has 0 saturated carbocycles. The zero-order valence-electron chi connectivity index (χ0n) is 24.4. The highest BCUT2D eigenvalue weighted by atomic mass is 19.4. The van der Waals surface area contributed by atoms with Crippen LogP contribution in [0.4, 0.5) is 18.9 Å². The van der Waals surface area contributed by atoms with Gasteiger partial charge in [0.25, 0.3) is 0 Å². The van der Waals surface area contributed by atoms with Crippen molar-refractivity contribution in [3.63, 3.8) is 0 Å². The maximum absolute atomic E-state index is 13.5. The summed E-state index contributed by atoms with van der Waals surface area (Å²) in [5.74, 6) is 0.0346. The molecule has 210 valence electrons. The van der Waals surface area contributed by atoms with Crippen molar-refractivity contribution >= 4 is 17.1 Å². The molecule has 0 atom stereocenters. The number of benzene rings is 2. The first-order valence-electron chi connectivity index (χ1n) is 13.1. The van der Waals surface area contributed by atoms with Crippen LogP contribution < -0.4 is 5.01 Å². The van der Waals surface area contributed by atoms with Gasteiger partial charge < -0.3 is 5.11 Å². The maximum Gasteiger partial charge on any atom is 0.416 e. The quantitative estimate of drug-likeness (QED) is 0.296. The van der Waals surface area contributed by atoms with E-state index in [0.29, 0.717) is 11.4 Å². The summed E-state index contributed by atoms with van der Waals surface area (Å²) in [5, 5.41) is 17.6. The summed E-state index contributed by atoms with van der Waals surface area (Å²) in [5.41, 5.74) is 1.97. The molecule has 3 rings (SSSR count). The lowest BCUT2D eigenvalue weighted by molar-refractivity contribution is -0.0881. The molecule has 1 aliphatic carbocycles. The van der Waals surface area contributed by atoms with Crippen LogP contribution >= 0.6 is 0 Å². The molecule has 0 bridgehead atoms. The first kappa shape index (κ1) is 30.2. The lowest BCUT2D eigenvalue weighted by Gasteiger charge is -2.36. The topological polar surface area (TPSA) is 48.2 Å². The largest absolute Gasteiger partial charge is 0.505 e. The highest BCUT2D eigenvalue weighted by molar-refractivity contribution is 6.51. The van der Waals surface area contributed by atoms with E-state index in [4.69, 9.17) is 0 Å². The predicted molar refractivity (Wildman–Crippen MR) is 156 cm³/mol. The number of allylic oxidation sites excluding steroid dienone is 4. The molecule has 0 radical (unpaired) electrons. The molecule has 39 heavy (non-hydrogen) atoms. The second kappa shape index (κ2) is 10.7. The fourth-order valence-electron chi connectivity index (χ4n) is 5.36. The van der Waals surface area contributed by atoms with Crippen LogP contribution in [0.25, 0.3) is 0 Å². The molecular weight excluding hydrogens is 499 g/mol. The molecule has 4 nitrogen and oxygen atoms in total. The van der Waals surface area contributed by atoms with Crippen molar-refractivity contribution in [3.8, 4) is 5.75 Å². The maximum atomic E-state index is 13.5. The van der Waals surface area contributed by atoms with Gasteiger partial charge in [-0.1, -0.05) is 84.9 Å². The van der Waals surface area contributed by atoms with Gasteiger partial charge in [0.2, 0.25) is 0 Å². The molecule has 1 aliphatic rings. The first-order chi connectivity index (χ1) is 17.9. The highest BCUT2D eigenvalue weighted by Crippen LogP contribution is 2.46. The van der Waals surface area contributed by atoms with Crippen LogP contribution in [0.2, 0.25) is 0 Å². The van der Waals surface area contributed by atoms with Gasteiger partial charge in [-0.15, -0.1) is 0 Å². The molecule has 7 heteroatoms. The number of aliphatic imine (C=N–C) groups is 1. The van der Waals surface area contributed by atoms with Crippen molar-refractivity contribution in [2.75, 3.05) is 19.1 Å². The SMILES string of the molecule is CN=C1C=CC(C(F)(F)F)=C/C1=N/N(C)c1cc(C(C)(C)CC(C)(C)C)cc(C(C)(C)c2ccccc2)c1O. The van der Waals surface area contributed by atoms with E-state index in [2.05, 4.69) is 64.6 Å². The van der Waals surface area contributed by atoms with Crippen molar-refractivity contribution in [3.05, 3.63) is 83.0 Å². The molecule has 0 unspecified atom stereocenters. The molecule has 0 fully saturated rings. The van der Waals surface area contributed by atoms with Crippen LogP contribution in [0.1, 0.15) is 71.6 Å². The van der Waals surface area contributed by atoms with Gasteiger partial charge in [0.05, 0.1) is 11.3 Å². The summed E-state index contributed by atoms with van der Waals surface area (Å²) < 4.78 is 40.4. The number of aromatic hydroxyl groups is 1. The zero-order valence-corrected chi connectivity index (χ0v) is 24.4. The van der Waals surface area contributed by atoms with E-state index in [1.54, 1.807) is 7.05 Å². The van der Waals surface area contributed by atoms with Gasteiger partial charge >= 0.3 is 6.18 Å². The van der Waals surface area contributed by atoms with Crippen molar-refractivity contribution in [2.24, 2.45) is 15.5 Å². The minimum absolute atomic E-state index is 0.0346. The number of phenols is 1. The molecule has 1 N–H and O–H groups in total. The van der Waals surface area contributed by atoms with E-state index in [-0.39, 0.29) is 22.3 Å². The van der Waals surface area contributed by atoms with Crippen molar-refractivity contribution in [1.29, 1.82) is 0 Å². The number of halogens is 3. The minimum Gasteiger partial charge on any atom is -0.505 e. The lowest BCUT2D eigenvalue weighted by atomic mass is 9.70. The van der Waals surface area contributed by atoms with Crippen molar-refractivity contribution in [1.82, 2.24) is 0 Å². The highest BCUT2D eigenvalue weighted by Gasteiger charge is 2.35. The Morgan fingerprint density at radius 2 is 1.46 bits per heavy atom. The molecule has 0 aromatic heterocycles. The molecular formula is C32H40F3N3O. The van der Waals surface area contributed by atoms with Gasteiger partial charge in [-0.25, -0.2) is 0 Å². The molecule has 2 aromatic rings.